The third-order valence-corrected chi connectivity index (χ3v) is 3.13. The predicted molar refractivity (Wildman–Crippen MR) is 76.8 cm³/mol. The maximum absolute atomic E-state index is 12.1. The van der Waals surface area contributed by atoms with Gasteiger partial charge in [-0.05, 0) is 53.6 Å². The summed E-state index contributed by atoms with van der Waals surface area (Å²) in [5, 5.41) is 2.86. The van der Waals surface area contributed by atoms with Gasteiger partial charge in [-0.25, -0.2) is 4.79 Å². The van der Waals surface area contributed by atoms with Crippen molar-refractivity contribution in [1.29, 1.82) is 0 Å². The fourth-order valence-electron chi connectivity index (χ4n) is 1.58. The first-order chi connectivity index (χ1) is 9.21. The number of carbonyl (C=O) groups is 2. The Kier molecular flexibility index (Phi) is 5.95. The summed E-state index contributed by atoms with van der Waals surface area (Å²) in [6.07, 6.45) is 1.98. The highest BCUT2D eigenvalue weighted by Crippen LogP contribution is 2.32. The van der Waals surface area contributed by atoms with E-state index in [0.717, 1.165) is 19.4 Å². The van der Waals surface area contributed by atoms with Crippen LogP contribution in [0.15, 0.2) is 0 Å². The summed E-state index contributed by atoms with van der Waals surface area (Å²) in [7, 11) is 3.90. The van der Waals surface area contributed by atoms with Gasteiger partial charge in [0.15, 0.2) is 0 Å². The minimum atomic E-state index is -0.581. The molecule has 20 heavy (non-hydrogen) atoms. The zero-order valence-corrected chi connectivity index (χ0v) is 13.2. The quantitative estimate of drug-likeness (QED) is 0.668. The molecule has 1 atom stereocenters. The van der Waals surface area contributed by atoms with E-state index in [4.69, 9.17) is 4.84 Å². The molecule has 1 aliphatic rings. The Morgan fingerprint density at radius 3 is 2.35 bits per heavy atom. The summed E-state index contributed by atoms with van der Waals surface area (Å²) in [6.45, 7) is 6.70. The predicted octanol–water partition coefficient (Wildman–Crippen LogP) is 0.537. The van der Waals surface area contributed by atoms with Crippen LogP contribution in [0.4, 0.5) is 0 Å². The van der Waals surface area contributed by atoms with Crippen LogP contribution in [-0.4, -0.2) is 50.0 Å². The highest BCUT2D eigenvalue weighted by molar-refractivity contribution is 5.82. The van der Waals surface area contributed by atoms with E-state index in [1.165, 1.54) is 0 Å². The van der Waals surface area contributed by atoms with Crippen LogP contribution in [0, 0.1) is 11.3 Å². The normalized spacial score (nSPS) is 16.9. The van der Waals surface area contributed by atoms with Gasteiger partial charge < -0.3 is 15.1 Å². The molecule has 0 saturated heterocycles. The van der Waals surface area contributed by atoms with Gasteiger partial charge >= 0.3 is 5.97 Å². The van der Waals surface area contributed by atoms with E-state index in [9.17, 15) is 9.59 Å². The van der Waals surface area contributed by atoms with E-state index in [1.807, 2.05) is 19.0 Å². The smallest absolute Gasteiger partial charge is 0.330 e. The van der Waals surface area contributed by atoms with Crippen molar-refractivity contribution < 1.29 is 14.4 Å². The zero-order valence-electron chi connectivity index (χ0n) is 13.2. The van der Waals surface area contributed by atoms with Crippen molar-refractivity contribution >= 4 is 11.9 Å². The molecule has 0 aromatic heterocycles. The lowest BCUT2D eigenvalue weighted by Crippen LogP contribution is -2.48. The van der Waals surface area contributed by atoms with Gasteiger partial charge in [0, 0.05) is 13.1 Å². The SMILES string of the molecule is CN(C)CCNC(=O)[C@H](NOC(=O)C(C)(C)C)C1CC1. The molecule has 0 aromatic carbocycles. The van der Waals surface area contributed by atoms with Crippen molar-refractivity contribution in [3.63, 3.8) is 0 Å². The van der Waals surface area contributed by atoms with Gasteiger partial charge in [-0.2, -0.15) is 0 Å². The van der Waals surface area contributed by atoms with E-state index < -0.39 is 11.5 Å². The number of hydrogen-bond donors (Lipinski definition) is 2. The Labute approximate surface area is 121 Å². The third-order valence-electron chi connectivity index (χ3n) is 3.13. The Balaban J connectivity index is 2.40. The highest BCUT2D eigenvalue weighted by atomic mass is 16.7. The summed E-state index contributed by atoms with van der Waals surface area (Å²) < 4.78 is 0. The minimum Gasteiger partial charge on any atom is -0.369 e. The monoisotopic (exact) mass is 285 g/mol. The first-order valence-corrected chi connectivity index (χ1v) is 7.11. The molecule has 6 heteroatoms. The maximum atomic E-state index is 12.1. The van der Waals surface area contributed by atoms with Crippen LogP contribution in [0.2, 0.25) is 0 Å². The molecule has 0 aliphatic heterocycles. The van der Waals surface area contributed by atoms with E-state index >= 15 is 0 Å². The molecule has 1 amide bonds. The number of nitrogens with one attached hydrogen (secondary N) is 2. The van der Waals surface area contributed by atoms with Gasteiger partial charge in [-0.15, -0.1) is 5.48 Å². The number of hydroxylamine groups is 1. The highest BCUT2D eigenvalue weighted by Gasteiger charge is 2.37. The summed E-state index contributed by atoms with van der Waals surface area (Å²) in [5.74, 6) is -0.192. The van der Waals surface area contributed by atoms with Crippen molar-refractivity contribution in [3.8, 4) is 0 Å². The van der Waals surface area contributed by atoms with Gasteiger partial charge in [0.25, 0.3) is 0 Å². The van der Waals surface area contributed by atoms with Crippen molar-refractivity contribution in [2.45, 2.75) is 39.7 Å². The number of rotatable bonds is 7. The Morgan fingerprint density at radius 2 is 1.90 bits per heavy atom. The standard InChI is InChI=1S/C14H27N3O3/c1-14(2,3)13(19)20-16-11(10-6-7-10)12(18)15-8-9-17(4)5/h10-11,16H,6-9H2,1-5H3,(H,15,18)/t11-/m1/s1. The summed E-state index contributed by atoms with van der Waals surface area (Å²) in [5.41, 5.74) is 2.07. The van der Waals surface area contributed by atoms with Crippen molar-refractivity contribution in [2.24, 2.45) is 11.3 Å². The van der Waals surface area contributed by atoms with E-state index in [-0.39, 0.29) is 17.8 Å². The molecule has 0 bridgehead atoms. The summed E-state index contributed by atoms with van der Waals surface area (Å²) >= 11 is 0. The molecule has 1 fully saturated rings. The molecule has 6 nitrogen and oxygen atoms in total. The van der Waals surface area contributed by atoms with Crippen LogP contribution >= 0.6 is 0 Å². The van der Waals surface area contributed by atoms with E-state index in [0.29, 0.717) is 6.54 Å². The second kappa shape index (κ2) is 7.04. The lowest BCUT2D eigenvalue weighted by atomic mass is 9.98. The second-order valence-electron chi connectivity index (χ2n) is 6.67. The third kappa shape index (κ3) is 5.88. The molecule has 1 rings (SSSR count). The van der Waals surface area contributed by atoms with Gasteiger partial charge in [-0.3, -0.25) is 4.79 Å². The molecule has 0 aromatic rings. The lowest BCUT2D eigenvalue weighted by molar-refractivity contribution is -0.164. The summed E-state index contributed by atoms with van der Waals surface area (Å²) in [4.78, 5) is 30.9. The lowest BCUT2D eigenvalue weighted by Gasteiger charge is -2.21. The molecular weight excluding hydrogens is 258 g/mol. The Morgan fingerprint density at radius 1 is 1.30 bits per heavy atom. The van der Waals surface area contributed by atoms with Crippen LogP contribution in [0.3, 0.4) is 0 Å². The first-order valence-electron chi connectivity index (χ1n) is 7.11. The number of carbonyl (C=O) groups excluding carboxylic acids is 2. The number of nitrogens with zero attached hydrogens (tertiary/aromatic N) is 1. The molecule has 2 N–H and O–H groups in total. The molecule has 0 heterocycles. The van der Waals surface area contributed by atoms with Crippen molar-refractivity contribution in [1.82, 2.24) is 15.7 Å². The fraction of sp³-hybridized carbons (Fsp3) is 0.857. The average molecular weight is 285 g/mol. The van der Waals surface area contributed by atoms with E-state index in [1.54, 1.807) is 20.8 Å². The molecular formula is C14H27N3O3. The first kappa shape index (κ1) is 16.9. The zero-order chi connectivity index (χ0) is 15.3. The van der Waals surface area contributed by atoms with Crippen LogP contribution in [-0.2, 0) is 14.4 Å². The molecule has 1 saturated carbocycles. The molecule has 0 radical (unpaired) electrons. The molecule has 116 valence electrons. The van der Waals surface area contributed by atoms with Crippen LogP contribution in [0.5, 0.6) is 0 Å². The Bertz CT molecular complexity index is 346. The number of hydrogen-bond acceptors (Lipinski definition) is 5. The van der Waals surface area contributed by atoms with Gasteiger partial charge in [0.2, 0.25) is 5.91 Å². The van der Waals surface area contributed by atoms with Crippen LogP contribution in [0.25, 0.3) is 0 Å². The summed E-state index contributed by atoms with van der Waals surface area (Å²) in [6, 6.07) is -0.441. The van der Waals surface area contributed by atoms with Crippen molar-refractivity contribution in [3.05, 3.63) is 0 Å². The fourth-order valence-corrected chi connectivity index (χ4v) is 1.58. The largest absolute Gasteiger partial charge is 0.369 e. The van der Waals surface area contributed by atoms with Gasteiger partial charge in [0.1, 0.15) is 6.04 Å². The molecule has 0 unspecified atom stereocenters. The minimum absolute atomic E-state index is 0.101. The second-order valence-corrected chi connectivity index (χ2v) is 6.67. The maximum Gasteiger partial charge on any atom is 0.330 e. The van der Waals surface area contributed by atoms with Crippen LogP contribution < -0.4 is 10.8 Å². The Hall–Kier alpha value is -1.14. The van der Waals surface area contributed by atoms with Gasteiger partial charge in [0.05, 0.1) is 5.41 Å². The van der Waals surface area contributed by atoms with E-state index in [2.05, 4.69) is 10.8 Å². The number of amides is 1. The topological polar surface area (TPSA) is 70.7 Å². The molecule has 0 spiro atoms. The van der Waals surface area contributed by atoms with Gasteiger partial charge in [-0.1, -0.05) is 0 Å². The average Bonchev–Trinajstić information content (AvgIpc) is 3.11. The van der Waals surface area contributed by atoms with Crippen molar-refractivity contribution in [2.75, 3.05) is 27.2 Å². The molecule has 1 aliphatic carbocycles. The van der Waals surface area contributed by atoms with Crippen LogP contribution in [0.1, 0.15) is 33.6 Å². The number of likely N-dealkylation sites (N-methyl/N-ethyl adjacent to an activating group) is 1.